The van der Waals surface area contributed by atoms with Crippen molar-refractivity contribution in [2.45, 2.75) is 0 Å². The third-order valence-electron chi connectivity index (χ3n) is 1.78. The van der Waals surface area contributed by atoms with Crippen molar-refractivity contribution < 1.29 is 29.8 Å². The number of hydrogen-bond donors (Lipinski definition) is 0. The van der Waals surface area contributed by atoms with E-state index in [-0.39, 0.29) is 26.6 Å². The second kappa shape index (κ2) is 11.0. The van der Waals surface area contributed by atoms with Crippen LogP contribution < -0.4 is 0 Å². The van der Waals surface area contributed by atoms with E-state index in [1.165, 1.54) is 0 Å². The Balaban J connectivity index is 0. The molecule has 19 heavy (non-hydrogen) atoms. The Kier molecular flexibility index (Phi) is 11.2. The summed E-state index contributed by atoms with van der Waals surface area (Å²) in [5.74, 6) is -1.29. The van der Waals surface area contributed by atoms with Crippen LogP contribution in [0.25, 0.3) is 11.3 Å². The van der Waals surface area contributed by atoms with Gasteiger partial charge in [-0.1, -0.05) is 23.8 Å². The molecule has 0 aliphatic heterocycles. The standard InChI is InChI=1S/C11H6F2N.2CN.Pt/c12-8-4-5-9(10(13)7-8)11-3-1-2-6-14-11;2*1-2;/h1-4,6-7H;;;/q3*-1;. The van der Waals surface area contributed by atoms with E-state index in [4.69, 9.17) is 23.7 Å². The van der Waals surface area contributed by atoms with E-state index in [2.05, 4.69) is 11.1 Å². The molecule has 0 fully saturated rings. The number of aromatic nitrogens is 1. The predicted octanol–water partition coefficient (Wildman–Crippen LogP) is 3.02. The van der Waals surface area contributed by atoms with Crippen LogP contribution in [-0.2, 0) is 21.1 Å². The zero-order valence-electron chi connectivity index (χ0n) is 9.38. The monoisotopic (exact) mass is 437 g/mol. The normalized spacial score (nSPS) is 7.68. The van der Waals surface area contributed by atoms with Gasteiger partial charge in [0.25, 0.3) is 0 Å². The first-order valence-electron chi connectivity index (χ1n) is 4.50. The Morgan fingerprint density at radius 1 is 1.11 bits per heavy atom. The van der Waals surface area contributed by atoms with E-state index in [1.54, 1.807) is 24.4 Å². The van der Waals surface area contributed by atoms with Crippen LogP contribution in [0.2, 0.25) is 0 Å². The van der Waals surface area contributed by atoms with Gasteiger partial charge in [-0.2, -0.15) is 0 Å². The number of hydrogen-bond acceptors (Lipinski definition) is 3. The molecule has 0 spiro atoms. The molecule has 1 heterocycles. The summed E-state index contributed by atoms with van der Waals surface area (Å²) in [6.45, 7) is 9.50. The van der Waals surface area contributed by atoms with Crippen molar-refractivity contribution in [2.75, 3.05) is 0 Å². The molecule has 1 aromatic heterocycles. The summed E-state index contributed by atoms with van der Waals surface area (Å²) in [6.07, 6.45) is 1.55. The van der Waals surface area contributed by atoms with E-state index < -0.39 is 11.6 Å². The molecule has 2 rings (SSSR count). The van der Waals surface area contributed by atoms with Crippen LogP contribution in [-0.4, -0.2) is 4.98 Å². The van der Waals surface area contributed by atoms with Crippen molar-refractivity contribution in [2.24, 2.45) is 0 Å². The summed E-state index contributed by atoms with van der Waals surface area (Å²) >= 11 is 0. The zero-order chi connectivity index (χ0) is 14.0. The van der Waals surface area contributed by atoms with Gasteiger partial charge < -0.3 is 28.7 Å². The van der Waals surface area contributed by atoms with Crippen LogP contribution in [0, 0.1) is 41.4 Å². The number of halogens is 2. The predicted molar refractivity (Wildman–Crippen MR) is 58.4 cm³/mol. The first-order valence-corrected chi connectivity index (χ1v) is 4.50. The minimum Gasteiger partial charge on any atom is -0.512 e. The summed E-state index contributed by atoms with van der Waals surface area (Å²) in [5, 5.41) is 12.5. The minimum atomic E-state index is -0.649. The third-order valence-corrected chi connectivity index (χ3v) is 1.78. The number of benzene rings is 1. The van der Waals surface area contributed by atoms with Crippen molar-refractivity contribution in [3.63, 3.8) is 0 Å². The fourth-order valence-corrected chi connectivity index (χ4v) is 1.15. The van der Waals surface area contributed by atoms with Crippen LogP contribution in [0.4, 0.5) is 8.78 Å². The van der Waals surface area contributed by atoms with E-state index in [0.29, 0.717) is 5.69 Å². The molecule has 0 saturated carbocycles. The number of nitrogens with zero attached hydrogens (tertiary/aromatic N) is 3. The van der Waals surface area contributed by atoms with Crippen LogP contribution in [0.1, 0.15) is 0 Å². The van der Waals surface area contributed by atoms with E-state index in [1.807, 2.05) is 0 Å². The Morgan fingerprint density at radius 2 is 1.74 bits per heavy atom. The van der Waals surface area contributed by atoms with E-state index >= 15 is 0 Å². The Labute approximate surface area is 124 Å². The van der Waals surface area contributed by atoms with Crippen LogP contribution >= 0.6 is 0 Å². The van der Waals surface area contributed by atoms with Gasteiger partial charge in [0.05, 0.1) is 0 Å². The average Bonchev–Trinajstić information content (AvgIpc) is 2.44. The fraction of sp³-hybridized carbons (Fsp3) is 0. The third kappa shape index (κ3) is 5.86. The zero-order valence-corrected chi connectivity index (χ0v) is 11.7. The quantitative estimate of drug-likeness (QED) is 0.645. The molecule has 0 unspecified atom stereocenters. The summed E-state index contributed by atoms with van der Waals surface area (Å²) in [6, 6.07) is 9.53. The van der Waals surface area contributed by atoms with Gasteiger partial charge in [0.1, 0.15) is 0 Å². The van der Waals surface area contributed by atoms with Crippen molar-refractivity contribution in [3.05, 3.63) is 67.4 Å². The molecule has 0 aliphatic rings. The van der Waals surface area contributed by atoms with Gasteiger partial charge >= 0.3 is 0 Å². The SMILES string of the molecule is Fc1c[c-]c(-c2ccccn2)c(F)c1.[C-]#N.[C-]#N.[Pt]. The molecule has 100 valence electrons. The average molecular weight is 437 g/mol. The summed E-state index contributed by atoms with van der Waals surface area (Å²) in [7, 11) is 0. The molecule has 1 aromatic carbocycles. The van der Waals surface area contributed by atoms with Crippen molar-refractivity contribution in [1.82, 2.24) is 4.98 Å². The van der Waals surface area contributed by atoms with Crippen LogP contribution in [0.5, 0.6) is 0 Å². The maximum Gasteiger partial charge on any atom is 0.0408 e. The molecule has 0 atom stereocenters. The second-order valence-corrected chi connectivity index (χ2v) is 2.76. The molecule has 0 N–H and O–H groups in total. The molecular weight excluding hydrogens is 431 g/mol. The van der Waals surface area contributed by atoms with Gasteiger partial charge in [0, 0.05) is 38.9 Å². The largest absolute Gasteiger partial charge is 0.512 e. The molecule has 0 saturated heterocycles. The molecule has 6 heteroatoms. The first-order chi connectivity index (χ1) is 8.77. The Bertz CT molecular complexity index is 521. The smallest absolute Gasteiger partial charge is 0.0408 e. The summed E-state index contributed by atoms with van der Waals surface area (Å²) in [5.41, 5.74) is 0.636. The molecule has 0 amide bonds. The van der Waals surface area contributed by atoms with Gasteiger partial charge in [-0.25, -0.2) is 0 Å². The minimum absolute atomic E-state index is 0. The maximum atomic E-state index is 13.2. The van der Waals surface area contributed by atoms with Crippen LogP contribution in [0.15, 0.2) is 36.5 Å². The summed E-state index contributed by atoms with van der Waals surface area (Å²) in [4.78, 5) is 3.95. The Morgan fingerprint density at radius 3 is 2.21 bits per heavy atom. The maximum absolute atomic E-state index is 13.2. The van der Waals surface area contributed by atoms with E-state index in [0.717, 1.165) is 12.1 Å². The van der Waals surface area contributed by atoms with Gasteiger partial charge in [0.15, 0.2) is 0 Å². The van der Waals surface area contributed by atoms with E-state index in [9.17, 15) is 8.78 Å². The van der Waals surface area contributed by atoms with Crippen molar-refractivity contribution in [1.29, 1.82) is 10.5 Å². The van der Waals surface area contributed by atoms with Gasteiger partial charge in [-0.05, 0) is 11.8 Å². The molecular formula is C13H6F2N3Pt-3. The van der Waals surface area contributed by atoms with Gasteiger partial charge in [-0.3, -0.25) is 8.78 Å². The topological polar surface area (TPSA) is 60.5 Å². The second-order valence-electron chi connectivity index (χ2n) is 2.76. The van der Waals surface area contributed by atoms with Gasteiger partial charge in [-0.15, -0.1) is 12.1 Å². The summed E-state index contributed by atoms with van der Waals surface area (Å²) < 4.78 is 25.8. The first kappa shape index (κ1) is 19.2. The van der Waals surface area contributed by atoms with Gasteiger partial charge in [0.2, 0.25) is 0 Å². The molecule has 2 aromatic rings. The van der Waals surface area contributed by atoms with Crippen LogP contribution in [0.3, 0.4) is 0 Å². The molecule has 0 radical (unpaired) electrons. The number of pyridine rings is 1. The van der Waals surface area contributed by atoms with Crippen molar-refractivity contribution in [3.8, 4) is 11.3 Å². The molecule has 3 nitrogen and oxygen atoms in total. The molecule has 0 bridgehead atoms. The van der Waals surface area contributed by atoms with Crippen molar-refractivity contribution >= 4 is 0 Å². The Hall–Kier alpha value is -2.10. The fourth-order valence-electron chi connectivity index (χ4n) is 1.15. The molecule has 0 aliphatic carbocycles. The number of rotatable bonds is 1.